The van der Waals surface area contributed by atoms with Gasteiger partial charge in [-0.15, -0.1) is 0 Å². The van der Waals surface area contributed by atoms with E-state index in [1.165, 1.54) is 0 Å². The van der Waals surface area contributed by atoms with Crippen molar-refractivity contribution in [2.24, 2.45) is 5.73 Å². The molecular formula is C11H13N3O2. The zero-order valence-electron chi connectivity index (χ0n) is 8.92. The third-order valence-electron chi connectivity index (χ3n) is 2.23. The Morgan fingerprint density at radius 3 is 3.00 bits per heavy atom. The van der Waals surface area contributed by atoms with Crippen molar-refractivity contribution >= 4 is 0 Å². The average Bonchev–Trinajstić information content (AvgIpc) is 2.77. The summed E-state index contributed by atoms with van der Waals surface area (Å²) in [7, 11) is 0. The molecule has 0 spiro atoms. The number of aliphatic hydroxyl groups is 1. The molecule has 0 amide bonds. The SMILES string of the molecule is Cc1cccc(-c2noc(C(N)CO)n2)c1. The topological polar surface area (TPSA) is 85.2 Å². The van der Waals surface area contributed by atoms with Crippen molar-refractivity contribution in [3.8, 4) is 11.4 Å². The Morgan fingerprint density at radius 1 is 1.50 bits per heavy atom. The fraction of sp³-hybridized carbons (Fsp3) is 0.273. The van der Waals surface area contributed by atoms with Crippen molar-refractivity contribution in [2.75, 3.05) is 6.61 Å². The maximum absolute atomic E-state index is 8.86. The molecule has 0 aliphatic carbocycles. The van der Waals surface area contributed by atoms with Gasteiger partial charge in [0.25, 0.3) is 0 Å². The highest BCUT2D eigenvalue weighted by atomic mass is 16.5. The molecule has 3 N–H and O–H groups in total. The van der Waals surface area contributed by atoms with Gasteiger partial charge in [0.05, 0.1) is 6.61 Å². The second-order valence-electron chi connectivity index (χ2n) is 3.61. The highest BCUT2D eigenvalue weighted by Gasteiger charge is 2.14. The number of benzene rings is 1. The minimum Gasteiger partial charge on any atom is -0.394 e. The van der Waals surface area contributed by atoms with Crippen LogP contribution in [0.2, 0.25) is 0 Å². The van der Waals surface area contributed by atoms with E-state index in [0.29, 0.717) is 5.82 Å². The van der Waals surface area contributed by atoms with Crippen LogP contribution in [0.1, 0.15) is 17.5 Å². The van der Waals surface area contributed by atoms with Crippen LogP contribution in [0.4, 0.5) is 0 Å². The number of nitrogens with zero attached hydrogens (tertiary/aromatic N) is 2. The van der Waals surface area contributed by atoms with Crippen molar-refractivity contribution in [2.45, 2.75) is 13.0 Å². The van der Waals surface area contributed by atoms with Gasteiger partial charge in [0.2, 0.25) is 11.7 Å². The lowest BCUT2D eigenvalue weighted by molar-refractivity contribution is 0.237. The van der Waals surface area contributed by atoms with Crippen LogP contribution in [-0.2, 0) is 0 Å². The summed E-state index contributed by atoms with van der Waals surface area (Å²) < 4.78 is 4.97. The molecule has 0 fully saturated rings. The Hall–Kier alpha value is -1.72. The average molecular weight is 219 g/mol. The summed E-state index contributed by atoms with van der Waals surface area (Å²) in [6.45, 7) is 1.78. The minimum absolute atomic E-state index is 0.213. The lowest BCUT2D eigenvalue weighted by Gasteiger charge is -1.98. The lowest BCUT2D eigenvalue weighted by Crippen LogP contribution is -2.14. The molecule has 1 heterocycles. The van der Waals surface area contributed by atoms with Gasteiger partial charge in [-0.1, -0.05) is 28.9 Å². The molecule has 1 aromatic heterocycles. The monoisotopic (exact) mass is 219 g/mol. The predicted molar refractivity (Wildman–Crippen MR) is 58.5 cm³/mol. The summed E-state index contributed by atoms with van der Waals surface area (Å²) in [6.07, 6.45) is 0. The number of hydrogen-bond donors (Lipinski definition) is 2. The predicted octanol–water partition coefficient (Wildman–Crippen LogP) is 1.04. The Morgan fingerprint density at radius 2 is 2.31 bits per heavy atom. The Balaban J connectivity index is 2.31. The van der Waals surface area contributed by atoms with E-state index in [1.54, 1.807) is 0 Å². The first-order valence-corrected chi connectivity index (χ1v) is 4.98. The maximum Gasteiger partial charge on any atom is 0.246 e. The van der Waals surface area contributed by atoms with Crippen molar-refractivity contribution in [3.63, 3.8) is 0 Å². The van der Waals surface area contributed by atoms with Gasteiger partial charge in [-0.3, -0.25) is 0 Å². The number of nitrogens with two attached hydrogens (primary N) is 1. The molecule has 16 heavy (non-hydrogen) atoms. The van der Waals surface area contributed by atoms with Crippen molar-refractivity contribution in [1.29, 1.82) is 0 Å². The molecule has 1 unspecified atom stereocenters. The molecule has 0 bridgehead atoms. The third kappa shape index (κ3) is 2.10. The summed E-state index contributed by atoms with van der Waals surface area (Å²) in [5, 5.41) is 12.7. The van der Waals surface area contributed by atoms with E-state index in [4.69, 9.17) is 15.4 Å². The zero-order chi connectivity index (χ0) is 11.5. The van der Waals surface area contributed by atoms with E-state index in [0.717, 1.165) is 11.1 Å². The molecule has 5 nitrogen and oxygen atoms in total. The lowest BCUT2D eigenvalue weighted by atomic mass is 10.1. The van der Waals surface area contributed by atoms with Gasteiger partial charge in [0.1, 0.15) is 6.04 Å². The Bertz CT molecular complexity index is 482. The zero-order valence-corrected chi connectivity index (χ0v) is 8.92. The maximum atomic E-state index is 8.86. The molecule has 5 heteroatoms. The second-order valence-corrected chi connectivity index (χ2v) is 3.61. The van der Waals surface area contributed by atoms with E-state index in [2.05, 4.69) is 10.1 Å². The normalized spacial score (nSPS) is 12.7. The van der Waals surface area contributed by atoms with E-state index in [9.17, 15) is 0 Å². The van der Waals surface area contributed by atoms with Gasteiger partial charge >= 0.3 is 0 Å². The van der Waals surface area contributed by atoms with Gasteiger partial charge in [0, 0.05) is 5.56 Å². The van der Waals surface area contributed by atoms with E-state index in [-0.39, 0.29) is 12.5 Å². The largest absolute Gasteiger partial charge is 0.394 e. The van der Waals surface area contributed by atoms with Crippen LogP contribution in [-0.4, -0.2) is 21.9 Å². The van der Waals surface area contributed by atoms with Gasteiger partial charge < -0.3 is 15.4 Å². The standard InChI is InChI=1S/C11H13N3O2/c1-7-3-2-4-8(5-7)10-13-11(16-14-10)9(12)6-15/h2-5,9,15H,6,12H2,1H3. The van der Waals surface area contributed by atoms with Gasteiger partial charge in [-0.2, -0.15) is 4.98 Å². The fourth-order valence-electron chi connectivity index (χ4n) is 1.37. The molecule has 0 saturated heterocycles. The highest BCUT2D eigenvalue weighted by Crippen LogP contribution is 2.18. The molecule has 0 radical (unpaired) electrons. The first kappa shape index (κ1) is 10.8. The third-order valence-corrected chi connectivity index (χ3v) is 2.23. The van der Waals surface area contributed by atoms with Crippen LogP contribution in [0.5, 0.6) is 0 Å². The Kier molecular flexibility index (Phi) is 2.98. The number of aromatic nitrogens is 2. The highest BCUT2D eigenvalue weighted by molar-refractivity contribution is 5.55. The summed E-state index contributed by atoms with van der Waals surface area (Å²) in [5.74, 6) is 0.738. The van der Waals surface area contributed by atoms with Crippen LogP contribution in [0.3, 0.4) is 0 Å². The molecule has 2 rings (SSSR count). The number of hydrogen-bond acceptors (Lipinski definition) is 5. The first-order valence-electron chi connectivity index (χ1n) is 4.98. The summed E-state index contributed by atoms with van der Waals surface area (Å²) in [6, 6.07) is 7.15. The van der Waals surface area contributed by atoms with Crippen LogP contribution in [0.25, 0.3) is 11.4 Å². The molecule has 84 valence electrons. The second kappa shape index (κ2) is 4.42. The molecule has 1 atom stereocenters. The smallest absolute Gasteiger partial charge is 0.246 e. The molecule has 0 aliphatic heterocycles. The van der Waals surface area contributed by atoms with Crippen LogP contribution in [0, 0.1) is 6.92 Å². The fourth-order valence-corrected chi connectivity index (χ4v) is 1.37. The van der Waals surface area contributed by atoms with Gasteiger partial charge in [-0.05, 0) is 13.0 Å². The van der Waals surface area contributed by atoms with Gasteiger partial charge in [-0.25, -0.2) is 0 Å². The summed E-state index contributed by atoms with van der Waals surface area (Å²) in [5.41, 5.74) is 7.57. The van der Waals surface area contributed by atoms with Crippen molar-refractivity contribution in [1.82, 2.24) is 10.1 Å². The molecule has 0 aliphatic rings. The number of aliphatic hydroxyl groups excluding tert-OH is 1. The Labute approximate surface area is 92.9 Å². The molecule has 1 aromatic carbocycles. The van der Waals surface area contributed by atoms with Crippen LogP contribution in [0.15, 0.2) is 28.8 Å². The molecule has 0 saturated carbocycles. The minimum atomic E-state index is -0.619. The van der Waals surface area contributed by atoms with Crippen molar-refractivity contribution < 1.29 is 9.63 Å². The summed E-state index contributed by atoms with van der Waals surface area (Å²) in [4.78, 5) is 4.13. The first-order chi connectivity index (χ1) is 7.70. The summed E-state index contributed by atoms with van der Waals surface area (Å²) >= 11 is 0. The van der Waals surface area contributed by atoms with Crippen molar-refractivity contribution in [3.05, 3.63) is 35.7 Å². The van der Waals surface area contributed by atoms with Crippen LogP contribution < -0.4 is 5.73 Å². The van der Waals surface area contributed by atoms with E-state index in [1.807, 2.05) is 31.2 Å². The van der Waals surface area contributed by atoms with Crippen LogP contribution >= 0.6 is 0 Å². The number of aryl methyl sites for hydroxylation is 1. The quantitative estimate of drug-likeness (QED) is 0.805. The van der Waals surface area contributed by atoms with Gasteiger partial charge in [0.15, 0.2) is 0 Å². The molecular weight excluding hydrogens is 206 g/mol. The number of rotatable bonds is 3. The van der Waals surface area contributed by atoms with E-state index >= 15 is 0 Å². The molecule has 2 aromatic rings. The van der Waals surface area contributed by atoms with E-state index < -0.39 is 6.04 Å².